The predicted octanol–water partition coefficient (Wildman–Crippen LogP) is 5.51. The van der Waals surface area contributed by atoms with Crippen LogP contribution in [0.2, 0.25) is 0 Å². The van der Waals surface area contributed by atoms with Gasteiger partial charge in [-0.2, -0.15) is 0 Å². The van der Waals surface area contributed by atoms with Crippen molar-refractivity contribution in [3.63, 3.8) is 0 Å². The summed E-state index contributed by atoms with van der Waals surface area (Å²) in [5, 5.41) is 0. The van der Waals surface area contributed by atoms with E-state index in [4.69, 9.17) is 23.7 Å². The number of ether oxygens (including phenoxy) is 5. The molecule has 3 aromatic rings. The van der Waals surface area contributed by atoms with Crippen LogP contribution in [-0.2, 0) is 43.5 Å². The first kappa shape index (κ1) is 26.5. The van der Waals surface area contributed by atoms with Crippen LogP contribution < -0.4 is 0 Å². The minimum absolute atomic E-state index is 0.0937. The molecule has 1 aliphatic heterocycles. The zero-order valence-corrected chi connectivity index (χ0v) is 20.9. The number of alkyl halides is 1. The van der Waals surface area contributed by atoms with Crippen LogP contribution >= 0.6 is 0 Å². The second-order valence-electron chi connectivity index (χ2n) is 9.06. The number of hydrogen-bond acceptors (Lipinski definition) is 5. The van der Waals surface area contributed by atoms with Crippen molar-refractivity contribution in [2.75, 3.05) is 13.7 Å². The van der Waals surface area contributed by atoms with Gasteiger partial charge in [0.15, 0.2) is 6.17 Å². The van der Waals surface area contributed by atoms with E-state index in [2.05, 4.69) is 0 Å². The lowest BCUT2D eigenvalue weighted by molar-refractivity contribution is -0.273. The second-order valence-corrected chi connectivity index (χ2v) is 9.06. The fraction of sp³-hybridized carbons (Fsp3) is 0.400. The average molecular weight is 495 g/mol. The Morgan fingerprint density at radius 1 is 0.667 bits per heavy atom. The molecule has 0 amide bonds. The van der Waals surface area contributed by atoms with Crippen molar-refractivity contribution in [1.82, 2.24) is 0 Å². The number of benzene rings is 3. The highest BCUT2D eigenvalue weighted by Gasteiger charge is 2.49. The van der Waals surface area contributed by atoms with E-state index in [1.165, 1.54) is 7.11 Å². The highest BCUT2D eigenvalue weighted by Crippen LogP contribution is 2.32. The zero-order valence-electron chi connectivity index (χ0n) is 20.9. The predicted molar refractivity (Wildman–Crippen MR) is 136 cm³/mol. The molecule has 0 bridgehead atoms. The zero-order chi connectivity index (χ0) is 25.2. The van der Waals surface area contributed by atoms with Crippen LogP contribution in [-0.4, -0.2) is 50.4 Å². The van der Waals surface area contributed by atoms with Gasteiger partial charge in [0.1, 0.15) is 24.4 Å². The minimum atomic E-state index is -1.38. The van der Waals surface area contributed by atoms with Gasteiger partial charge in [0.25, 0.3) is 0 Å². The van der Waals surface area contributed by atoms with Gasteiger partial charge in [-0.3, -0.25) is 0 Å². The molecule has 0 spiro atoms. The first-order valence-corrected chi connectivity index (χ1v) is 12.4. The van der Waals surface area contributed by atoms with Crippen molar-refractivity contribution in [1.29, 1.82) is 0 Å². The molecule has 0 aromatic heterocycles. The Balaban J connectivity index is 1.59. The number of halogens is 1. The molecule has 1 saturated heterocycles. The van der Waals surface area contributed by atoms with E-state index in [-0.39, 0.29) is 6.61 Å². The van der Waals surface area contributed by atoms with E-state index >= 15 is 4.39 Å². The fourth-order valence-corrected chi connectivity index (χ4v) is 4.50. The van der Waals surface area contributed by atoms with Crippen molar-refractivity contribution >= 4 is 0 Å². The Labute approximate surface area is 213 Å². The molecular weight excluding hydrogens is 459 g/mol. The van der Waals surface area contributed by atoms with Gasteiger partial charge in [-0.1, -0.05) is 91.0 Å². The first-order chi connectivity index (χ1) is 17.7. The Morgan fingerprint density at radius 3 is 1.53 bits per heavy atom. The van der Waals surface area contributed by atoms with Gasteiger partial charge in [0.05, 0.1) is 32.5 Å². The van der Waals surface area contributed by atoms with Crippen molar-refractivity contribution in [3.05, 3.63) is 108 Å². The van der Waals surface area contributed by atoms with Crippen LogP contribution in [0, 0.1) is 0 Å². The third-order valence-electron chi connectivity index (χ3n) is 6.34. The molecule has 5 unspecified atom stereocenters. The lowest BCUT2D eigenvalue weighted by Gasteiger charge is -2.46. The van der Waals surface area contributed by atoms with Crippen molar-refractivity contribution < 1.29 is 28.1 Å². The normalized spacial score (nSPS) is 24.9. The van der Waals surface area contributed by atoms with Crippen LogP contribution in [0.25, 0.3) is 0 Å². The molecule has 3 aromatic carbocycles. The van der Waals surface area contributed by atoms with Crippen LogP contribution in [0.15, 0.2) is 91.0 Å². The Morgan fingerprint density at radius 2 is 1.08 bits per heavy atom. The quantitative estimate of drug-likeness (QED) is 0.332. The molecule has 192 valence electrons. The van der Waals surface area contributed by atoms with E-state index in [1.807, 2.05) is 97.9 Å². The SMILES string of the molecule is COC[C@H](F)C1OC(C)C(OCc2ccccc2)C(OCc2ccccc2)C1OCc1ccccc1. The van der Waals surface area contributed by atoms with Gasteiger partial charge in [-0.15, -0.1) is 0 Å². The van der Waals surface area contributed by atoms with E-state index in [9.17, 15) is 0 Å². The van der Waals surface area contributed by atoms with Gasteiger partial charge < -0.3 is 23.7 Å². The summed E-state index contributed by atoms with van der Waals surface area (Å²) in [6.07, 6.45) is -4.36. The fourth-order valence-electron chi connectivity index (χ4n) is 4.50. The summed E-state index contributed by atoms with van der Waals surface area (Å²) in [7, 11) is 1.48. The lowest BCUT2D eigenvalue weighted by Crippen LogP contribution is -2.62. The topological polar surface area (TPSA) is 46.2 Å². The summed E-state index contributed by atoms with van der Waals surface area (Å²) in [5.74, 6) is 0. The molecular formula is C30H35FO5. The molecule has 6 atom stereocenters. The van der Waals surface area contributed by atoms with Gasteiger partial charge in [-0.05, 0) is 23.6 Å². The van der Waals surface area contributed by atoms with Gasteiger partial charge in [-0.25, -0.2) is 4.39 Å². The molecule has 0 saturated carbocycles. The van der Waals surface area contributed by atoms with E-state index in [0.29, 0.717) is 19.8 Å². The van der Waals surface area contributed by atoms with Crippen LogP contribution in [0.4, 0.5) is 4.39 Å². The van der Waals surface area contributed by atoms with Crippen LogP contribution in [0.5, 0.6) is 0 Å². The maximum absolute atomic E-state index is 15.3. The van der Waals surface area contributed by atoms with Crippen molar-refractivity contribution in [2.45, 2.75) is 63.4 Å². The summed E-state index contributed by atoms with van der Waals surface area (Å²) in [4.78, 5) is 0. The van der Waals surface area contributed by atoms with Gasteiger partial charge in [0, 0.05) is 7.11 Å². The molecule has 0 N–H and O–H groups in total. The number of methoxy groups -OCH3 is 1. The highest BCUT2D eigenvalue weighted by atomic mass is 19.1. The van der Waals surface area contributed by atoms with Crippen LogP contribution in [0.3, 0.4) is 0 Å². The average Bonchev–Trinajstić information content (AvgIpc) is 2.92. The monoisotopic (exact) mass is 494 g/mol. The van der Waals surface area contributed by atoms with E-state index in [0.717, 1.165) is 16.7 Å². The third-order valence-corrected chi connectivity index (χ3v) is 6.34. The minimum Gasteiger partial charge on any atom is -0.382 e. The molecule has 36 heavy (non-hydrogen) atoms. The van der Waals surface area contributed by atoms with Crippen molar-refractivity contribution in [3.8, 4) is 0 Å². The largest absolute Gasteiger partial charge is 0.382 e. The maximum Gasteiger partial charge on any atom is 0.152 e. The van der Waals surface area contributed by atoms with Crippen LogP contribution in [0.1, 0.15) is 23.6 Å². The van der Waals surface area contributed by atoms with E-state index in [1.54, 1.807) is 0 Å². The smallest absolute Gasteiger partial charge is 0.152 e. The second kappa shape index (κ2) is 13.6. The Hall–Kier alpha value is -2.61. The summed E-state index contributed by atoms with van der Waals surface area (Å²) >= 11 is 0. The summed E-state index contributed by atoms with van der Waals surface area (Å²) in [6, 6.07) is 29.7. The van der Waals surface area contributed by atoms with Crippen molar-refractivity contribution in [2.24, 2.45) is 0 Å². The lowest BCUT2D eigenvalue weighted by atomic mass is 9.92. The van der Waals surface area contributed by atoms with Gasteiger partial charge >= 0.3 is 0 Å². The highest BCUT2D eigenvalue weighted by molar-refractivity contribution is 5.16. The molecule has 1 heterocycles. The summed E-state index contributed by atoms with van der Waals surface area (Å²) in [5.41, 5.74) is 3.05. The summed E-state index contributed by atoms with van der Waals surface area (Å²) in [6.45, 7) is 2.84. The molecule has 1 fully saturated rings. The molecule has 4 rings (SSSR count). The standard InChI is InChI=1S/C30H35FO5/c1-22-27(33-18-23-12-6-3-7-13-23)29(34-19-24-14-8-4-9-15-24)30(28(36-22)26(31)21-32-2)35-20-25-16-10-5-11-17-25/h3-17,22,26-30H,18-21H2,1-2H3/t22?,26-,27?,28?,29?,30?/m0/s1. The number of rotatable bonds is 12. The number of hydrogen-bond donors (Lipinski definition) is 0. The Bertz CT molecular complexity index is 1000. The maximum atomic E-state index is 15.3. The molecule has 6 heteroatoms. The summed E-state index contributed by atoms with van der Waals surface area (Å²) < 4.78 is 45.8. The first-order valence-electron chi connectivity index (χ1n) is 12.4. The third kappa shape index (κ3) is 7.21. The Kier molecular flexibility index (Phi) is 10.0. The van der Waals surface area contributed by atoms with Gasteiger partial charge in [0.2, 0.25) is 0 Å². The molecule has 1 aliphatic rings. The van der Waals surface area contributed by atoms with E-state index < -0.39 is 36.7 Å². The molecule has 5 nitrogen and oxygen atoms in total. The molecule has 0 aliphatic carbocycles. The molecule has 0 radical (unpaired) electrons.